The van der Waals surface area contributed by atoms with Gasteiger partial charge in [0, 0.05) is 12.5 Å². The van der Waals surface area contributed by atoms with E-state index in [-0.39, 0.29) is 0 Å². The zero-order valence-corrected chi connectivity index (χ0v) is 11.6. The third-order valence-corrected chi connectivity index (χ3v) is 4.48. The van der Waals surface area contributed by atoms with Crippen LogP contribution in [0.5, 0.6) is 5.75 Å². The number of fused-ring (bicyclic) bond motifs is 1. The summed E-state index contributed by atoms with van der Waals surface area (Å²) in [5, 5.41) is 13.1. The number of phenols is 1. The molecule has 1 saturated heterocycles. The first-order valence-electron chi connectivity index (χ1n) is 7.47. The Balaban J connectivity index is 1.65. The summed E-state index contributed by atoms with van der Waals surface area (Å²) in [6.07, 6.45) is 6.60. The average molecular weight is 271 g/mol. The second kappa shape index (κ2) is 5.80. The molecular formula is C17H21NO2. The van der Waals surface area contributed by atoms with E-state index < -0.39 is 0 Å². The number of ketones is 1. The van der Waals surface area contributed by atoms with E-state index >= 15 is 0 Å². The van der Waals surface area contributed by atoms with Crippen LogP contribution < -0.4 is 5.32 Å². The van der Waals surface area contributed by atoms with Gasteiger partial charge in [-0.05, 0) is 61.9 Å². The molecule has 1 fully saturated rings. The van der Waals surface area contributed by atoms with Crippen molar-refractivity contribution in [3.8, 4) is 5.75 Å². The molecule has 0 bridgehead atoms. The number of piperidine rings is 1. The first-order valence-corrected chi connectivity index (χ1v) is 7.47. The third kappa shape index (κ3) is 2.93. The van der Waals surface area contributed by atoms with Crippen molar-refractivity contribution in [2.45, 2.75) is 38.1 Å². The normalized spacial score (nSPS) is 26.0. The predicted molar refractivity (Wildman–Crippen MR) is 78.6 cm³/mol. The summed E-state index contributed by atoms with van der Waals surface area (Å²) in [4.78, 5) is 11.5. The number of aryl methyl sites for hydroxylation is 1. The molecule has 1 aromatic rings. The number of hydrogen-bond acceptors (Lipinski definition) is 3. The maximum absolute atomic E-state index is 11.5. The van der Waals surface area contributed by atoms with Crippen molar-refractivity contribution < 1.29 is 9.90 Å². The van der Waals surface area contributed by atoms with Crippen molar-refractivity contribution >= 4 is 5.78 Å². The minimum absolute atomic E-state index is 0.296. The van der Waals surface area contributed by atoms with E-state index in [1.54, 1.807) is 6.07 Å². The Hall–Kier alpha value is -1.61. The quantitative estimate of drug-likeness (QED) is 0.888. The van der Waals surface area contributed by atoms with E-state index in [4.69, 9.17) is 0 Å². The summed E-state index contributed by atoms with van der Waals surface area (Å²) in [5.74, 6) is 1.16. The molecule has 3 rings (SSSR count). The number of aromatic hydroxyl groups is 1. The van der Waals surface area contributed by atoms with Gasteiger partial charge in [0.1, 0.15) is 5.75 Å². The van der Waals surface area contributed by atoms with Gasteiger partial charge in [0.05, 0.1) is 0 Å². The summed E-state index contributed by atoms with van der Waals surface area (Å²) in [6.45, 7) is 0.973. The van der Waals surface area contributed by atoms with E-state index in [0.29, 0.717) is 29.9 Å². The molecule has 0 spiro atoms. The first-order chi connectivity index (χ1) is 9.72. The fourth-order valence-electron chi connectivity index (χ4n) is 3.47. The second-order valence-electron chi connectivity index (χ2n) is 5.85. The van der Waals surface area contributed by atoms with Gasteiger partial charge in [-0.25, -0.2) is 0 Å². The van der Waals surface area contributed by atoms with Crippen molar-refractivity contribution in [1.82, 2.24) is 5.32 Å². The molecule has 3 heteroatoms. The number of rotatable bonds is 3. The molecule has 0 radical (unpaired) electrons. The SMILES string of the molecule is O=C1C=C2CCNC(CCc3cccc(O)c3)C2CC1. The molecule has 3 nitrogen and oxygen atoms in total. The molecule has 1 heterocycles. The number of benzene rings is 1. The molecule has 2 N–H and O–H groups in total. The van der Waals surface area contributed by atoms with Gasteiger partial charge in [-0.3, -0.25) is 4.79 Å². The molecule has 20 heavy (non-hydrogen) atoms. The van der Waals surface area contributed by atoms with Crippen LogP contribution in [0.2, 0.25) is 0 Å². The van der Waals surface area contributed by atoms with Crippen LogP contribution in [0, 0.1) is 5.92 Å². The molecule has 1 aliphatic heterocycles. The molecule has 0 amide bonds. The Morgan fingerprint density at radius 2 is 2.20 bits per heavy atom. The molecule has 2 atom stereocenters. The van der Waals surface area contributed by atoms with Crippen molar-refractivity contribution in [2.75, 3.05) is 6.54 Å². The number of allylic oxidation sites excluding steroid dienone is 1. The predicted octanol–water partition coefficient (Wildman–Crippen LogP) is 2.59. The van der Waals surface area contributed by atoms with Crippen molar-refractivity contribution in [2.24, 2.45) is 5.92 Å². The zero-order chi connectivity index (χ0) is 13.9. The Morgan fingerprint density at radius 3 is 3.05 bits per heavy atom. The highest BCUT2D eigenvalue weighted by Crippen LogP contribution is 2.33. The summed E-state index contributed by atoms with van der Waals surface area (Å²) in [5.41, 5.74) is 2.52. The maximum atomic E-state index is 11.5. The molecule has 0 saturated carbocycles. The zero-order valence-electron chi connectivity index (χ0n) is 11.6. The molecule has 1 aromatic carbocycles. The number of carbonyl (C=O) groups is 1. The first kappa shape index (κ1) is 13.4. The summed E-state index contributed by atoms with van der Waals surface area (Å²) in [6, 6.07) is 7.96. The Morgan fingerprint density at radius 1 is 1.30 bits per heavy atom. The molecule has 0 aromatic heterocycles. The van der Waals surface area contributed by atoms with Gasteiger partial charge in [0.25, 0.3) is 0 Å². The average Bonchev–Trinajstić information content (AvgIpc) is 2.44. The topological polar surface area (TPSA) is 49.3 Å². The Bertz CT molecular complexity index is 536. The number of phenolic OH excluding ortho intramolecular Hbond substituents is 1. The summed E-state index contributed by atoms with van der Waals surface area (Å²) < 4.78 is 0. The molecule has 2 aliphatic rings. The van der Waals surface area contributed by atoms with Crippen LogP contribution in [-0.2, 0) is 11.2 Å². The largest absolute Gasteiger partial charge is 0.508 e. The minimum Gasteiger partial charge on any atom is -0.508 e. The number of hydrogen-bond donors (Lipinski definition) is 2. The van der Waals surface area contributed by atoms with E-state index in [2.05, 4.69) is 11.4 Å². The van der Waals surface area contributed by atoms with E-state index in [9.17, 15) is 9.90 Å². The lowest BCUT2D eigenvalue weighted by Gasteiger charge is -2.37. The van der Waals surface area contributed by atoms with Crippen LogP contribution in [0.15, 0.2) is 35.9 Å². The highest BCUT2D eigenvalue weighted by atomic mass is 16.3. The van der Waals surface area contributed by atoms with Crippen LogP contribution in [0.1, 0.15) is 31.2 Å². The van der Waals surface area contributed by atoms with Crippen molar-refractivity contribution in [3.05, 3.63) is 41.5 Å². The molecule has 2 unspecified atom stereocenters. The van der Waals surface area contributed by atoms with Gasteiger partial charge >= 0.3 is 0 Å². The Labute approximate surface area is 119 Å². The maximum Gasteiger partial charge on any atom is 0.155 e. The summed E-state index contributed by atoms with van der Waals surface area (Å²) in [7, 11) is 0. The fourth-order valence-corrected chi connectivity index (χ4v) is 3.47. The molecular weight excluding hydrogens is 250 g/mol. The highest BCUT2D eigenvalue weighted by molar-refractivity contribution is 5.91. The van der Waals surface area contributed by atoms with Crippen LogP contribution in [0.25, 0.3) is 0 Å². The molecule has 106 valence electrons. The van der Waals surface area contributed by atoms with Crippen molar-refractivity contribution in [1.29, 1.82) is 0 Å². The van der Waals surface area contributed by atoms with Crippen LogP contribution in [-0.4, -0.2) is 23.5 Å². The Kier molecular flexibility index (Phi) is 3.88. The summed E-state index contributed by atoms with van der Waals surface area (Å²) >= 11 is 0. The highest BCUT2D eigenvalue weighted by Gasteiger charge is 2.31. The number of nitrogens with one attached hydrogen (secondary N) is 1. The lowest BCUT2D eigenvalue weighted by molar-refractivity contribution is -0.115. The lowest BCUT2D eigenvalue weighted by Crippen LogP contribution is -2.44. The van der Waals surface area contributed by atoms with Crippen LogP contribution in [0.4, 0.5) is 0 Å². The standard InChI is InChI=1S/C17H21NO2/c19-14-3-1-2-12(10-14)4-7-17-16-6-5-15(20)11-13(16)8-9-18-17/h1-3,10-11,16-19H,4-9H2. The monoisotopic (exact) mass is 271 g/mol. The van der Waals surface area contributed by atoms with Gasteiger partial charge in [0.2, 0.25) is 0 Å². The van der Waals surface area contributed by atoms with Crippen LogP contribution in [0.3, 0.4) is 0 Å². The molecule has 1 aliphatic carbocycles. The van der Waals surface area contributed by atoms with Crippen LogP contribution >= 0.6 is 0 Å². The van der Waals surface area contributed by atoms with Gasteiger partial charge in [-0.2, -0.15) is 0 Å². The third-order valence-electron chi connectivity index (χ3n) is 4.48. The number of carbonyl (C=O) groups excluding carboxylic acids is 1. The van der Waals surface area contributed by atoms with Crippen molar-refractivity contribution in [3.63, 3.8) is 0 Å². The van der Waals surface area contributed by atoms with E-state index in [0.717, 1.165) is 32.2 Å². The lowest BCUT2D eigenvalue weighted by atomic mass is 9.76. The fraction of sp³-hybridized carbons (Fsp3) is 0.471. The van der Waals surface area contributed by atoms with Gasteiger partial charge in [-0.15, -0.1) is 0 Å². The second-order valence-corrected chi connectivity index (χ2v) is 5.85. The smallest absolute Gasteiger partial charge is 0.155 e. The minimum atomic E-state index is 0.296. The van der Waals surface area contributed by atoms with Gasteiger partial charge in [0.15, 0.2) is 5.78 Å². The van der Waals surface area contributed by atoms with E-state index in [1.165, 1.54) is 11.1 Å². The van der Waals surface area contributed by atoms with Gasteiger partial charge < -0.3 is 10.4 Å². The van der Waals surface area contributed by atoms with E-state index in [1.807, 2.05) is 18.2 Å². The van der Waals surface area contributed by atoms with Gasteiger partial charge in [-0.1, -0.05) is 17.7 Å².